The summed E-state index contributed by atoms with van der Waals surface area (Å²) in [6.07, 6.45) is 0.0382. The SMILES string of the molecule is COCCCNc1cc(CO[C@H]2CNC[C@@H](O)C2c2ccc(Oc3ccc(Cl)c(C)c3)cc2)ccc1O. The maximum absolute atomic E-state index is 10.8. The van der Waals surface area contributed by atoms with E-state index >= 15 is 0 Å². The van der Waals surface area contributed by atoms with E-state index in [4.69, 9.17) is 25.8 Å². The first-order valence-corrected chi connectivity index (χ1v) is 12.9. The van der Waals surface area contributed by atoms with E-state index in [1.165, 1.54) is 0 Å². The molecule has 0 saturated carbocycles. The molecular weight excluding hydrogens is 492 g/mol. The zero-order valence-electron chi connectivity index (χ0n) is 21.2. The number of hydrogen-bond acceptors (Lipinski definition) is 7. The molecule has 1 aliphatic heterocycles. The standard InChI is InChI=1S/C29H35ClN2O5/c1-19-14-23(9-10-24(19)30)37-22-7-5-21(6-8-22)29-27(34)16-31-17-28(29)36-18-20-4-11-26(33)25(15-20)32-12-3-13-35-2/h4-11,14-15,27-29,31-34H,3,12-13,16-18H2,1-2H3/t27-,28+,29?/m1/s1. The van der Waals surface area contributed by atoms with Gasteiger partial charge in [-0.15, -0.1) is 0 Å². The van der Waals surface area contributed by atoms with Gasteiger partial charge in [0.2, 0.25) is 0 Å². The number of phenols is 1. The van der Waals surface area contributed by atoms with E-state index in [-0.39, 0.29) is 17.8 Å². The van der Waals surface area contributed by atoms with Crippen LogP contribution in [0.5, 0.6) is 17.2 Å². The molecule has 3 atom stereocenters. The van der Waals surface area contributed by atoms with E-state index < -0.39 is 6.10 Å². The highest BCUT2D eigenvalue weighted by Crippen LogP contribution is 2.32. The number of aliphatic hydroxyl groups excluding tert-OH is 1. The Hall–Kier alpha value is -2.81. The minimum atomic E-state index is -0.581. The zero-order chi connectivity index (χ0) is 26.2. The number of methoxy groups -OCH3 is 1. The van der Waals surface area contributed by atoms with E-state index in [2.05, 4.69) is 10.6 Å². The number of aryl methyl sites for hydroxylation is 1. The lowest BCUT2D eigenvalue weighted by Gasteiger charge is -2.36. The van der Waals surface area contributed by atoms with Gasteiger partial charge in [0.05, 0.1) is 24.5 Å². The molecule has 0 aliphatic carbocycles. The molecule has 1 unspecified atom stereocenters. The maximum atomic E-state index is 10.8. The first-order valence-electron chi connectivity index (χ1n) is 12.5. The van der Waals surface area contributed by atoms with Gasteiger partial charge in [-0.1, -0.05) is 29.8 Å². The lowest BCUT2D eigenvalue weighted by Crippen LogP contribution is -2.49. The van der Waals surface area contributed by atoms with Crippen LogP contribution >= 0.6 is 11.6 Å². The highest BCUT2D eigenvalue weighted by Gasteiger charge is 2.34. The Morgan fingerprint density at radius 2 is 1.81 bits per heavy atom. The van der Waals surface area contributed by atoms with Crippen LogP contribution in [0.4, 0.5) is 5.69 Å². The summed E-state index contributed by atoms with van der Waals surface area (Å²) < 4.78 is 17.4. The van der Waals surface area contributed by atoms with Gasteiger partial charge in [-0.3, -0.25) is 0 Å². The van der Waals surface area contributed by atoms with Crippen LogP contribution in [0, 0.1) is 6.92 Å². The van der Waals surface area contributed by atoms with Crippen molar-refractivity contribution in [1.29, 1.82) is 0 Å². The van der Waals surface area contributed by atoms with Gasteiger partial charge >= 0.3 is 0 Å². The molecule has 37 heavy (non-hydrogen) atoms. The fraction of sp³-hybridized carbons (Fsp3) is 0.379. The lowest BCUT2D eigenvalue weighted by molar-refractivity contribution is -0.0328. The number of hydrogen-bond donors (Lipinski definition) is 4. The van der Waals surface area contributed by atoms with Gasteiger partial charge in [-0.05, 0) is 72.5 Å². The minimum absolute atomic E-state index is 0.183. The van der Waals surface area contributed by atoms with Gasteiger partial charge < -0.3 is 35.1 Å². The van der Waals surface area contributed by atoms with Crippen LogP contribution < -0.4 is 15.4 Å². The van der Waals surface area contributed by atoms with Crippen molar-refractivity contribution >= 4 is 17.3 Å². The molecule has 0 aromatic heterocycles. The summed E-state index contributed by atoms with van der Waals surface area (Å²) in [6.45, 7) is 4.79. The Morgan fingerprint density at radius 3 is 2.57 bits per heavy atom. The third kappa shape index (κ3) is 7.37. The fourth-order valence-electron chi connectivity index (χ4n) is 4.51. The van der Waals surface area contributed by atoms with Gasteiger partial charge in [0, 0.05) is 44.3 Å². The van der Waals surface area contributed by atoms with E-state index in [1.54, 1.807) is 13.2 Å². The first-order chi connectivity index (χ1) is 17.9. The van der Waals surface area contributed by atoms with Gasteiger partial charge in [0.25, 0.3) is 0 Å². The summed E-state index contributed by atoms with van der Waals surface area (Å²) in [5.41, 5.74) is 3.55. The molecule has 1 heterocycles. The number of nitrogens with one attached hydrogen (secondary N) is 2. The Morgan fingerprint density at radius 1 is 1.03 bits per heavy atom. The monoisotopic (exact) mass is 526 g/mol. The minimum Gasteiger partial charge on any atom is -0.506 e. The van der Waals surface area contributed by atoms with Crippen LogP contribution in [0.25, 0.3) is 0 Å². The molecule has 8 heteroatoms. The molecule has 0 radical (unpaired) electrons. The fourth-order valence-corrected chi connectivity index (χ4v) is 4.62. The molecule has 3 aromatic rings. The number of anilines is 1. The van der Waals surface area contributed by atoms with Crippen molar-refractivity contribution in [3.05, 3.63) is 82.4 Å². The second-order valence-corrected chi connectivity index (χ2v) is 9.71. The molecule has 4 N–H and O–H groups in total. The molecule has 7 nitrogen and oxygen atoms in total. The summed E-state index contributed by atoms with van der Waals surface area (Å²) in [7, 11) is 1.67. The number of halogens is 1. The van der Waals surface area contributed by atoms with E-state index in [1.807, 2.05) is 61.5 Å². The van der Waals surface area contributed by atoms with Crippen molar-refractivity contribution in [3.8, 4) is 17.2 Å². The van der Waals surface area contributed by atoms with Gasteiger partial charge in [-0.2, -0.15) is 0 Å². The maximum Gasteiger partial charge on any atom is 0.138 e. The molecule has 0 spiro atoms. The quantitative estimate of drug-likeness (QED) is 0.201. The smallest absolute Gasteiger partial charge is 0.138 e. The summed E-state index contributed by atoms with van der Waals surface area (Å²) in [5.74, 6) is 1.45. The second-order valence-electron chi connectivity index (χ2n) is 9.31. The normalized spacial score (nSPS) is 19.5. The van der Waals surface area contributed by atoms with E-state index in [0.717, 1.165) is 28.9 Å². The molecular formula is C29H35ClN2O5. The number of β-amino-alcohol motifs (C(OH)–C–C–N with tert-alkyl or cyclic N) is 1. The molecule has 1 saturated heterocycles. The van der Waals surface area contributed by atoms with Crippen LogP contribution in [0.3, 0.4) is 0 Å². The Bertz CT molecular complexity index is 1160. The van der Waals surface area contributed by atoms with Crippen LogP contribution in [-0.4, -0.2) is 55.8 Å². The molecule has 0 amide bonds. The summed E-state index contributed by atoms with van der Waals surface area (Å²) in [6, 6.07) is 18.8. The Labute approximate surface area is 223 Å². The topological polar surface area (TPSA) is 92.2 Å². The van der Waals surface area contributed by atoms with Crippen LogP contribution in [0.2, 0.25) is 5.02 Å². The average Bonchev–Trinajstić information content (AvgIpc) is 2.89. The highest BCUT2D eigenvalue weighted by atomic mass is 35.5. The third-order valence-electron chi connectivity index (χ3n) is 6.51. The number of piperidine rings is 1. The summed E-state index contributed by atoms with van der Waals surface area (Å²) in [4.78, 5) is 0. The third-order valence-corrected chi connectivity index (χ3v) is 6.93. The number of aromatic hydroxyl groups is 1. The Kier molecular flexibility index (Phi) is 9.66. The predicted octanol–water partition coefficient (Wildman–Crippen LogP) is 5.23. The van der Waals surface area contributed by atoms with Crippen molar-refractivity contribution in [2.45, 2.75) is 38.1 Å². The molecule has 3 aromatic carbocycles. The van der Waals surface area contributed by atoms with Gasteiger partial charge in [-0.25, -0.2) is 0 Å². The van der Waals surface area contributed by atoms with Crippen molar-refractivity contribution in [1.82, 2.24) is 5.32 Å². The molecule has 1 fully saturated rings. The average molecular weight is 527 g/mol. The Balaban J connectivity index is 1.40. The molecule has 4 rings (SSSR count). The number of phenolic OH excluding ortho intramolecular Hbond substituents is 1. The number of rotatable bonds is 11. The van der Waals surface area contributed by atoms with Crippen LogP contribution in [0.1, 0.15) is 29.0 Å². The number of aliphatic hydroxyl groups is 1. The van der Waals surface area contributed by atoms with Crippen molar-refractivity contribution in [2.75, 3.05) is 38.7 Å². The van der Waals surface area contributed by atoms with Crippen molar-refractivity contribution in [2.24, 2.45) is 0 Å². The van der Waals surface area contributed by atoms with Gasteiger partial charge in [0.15, 0.2) is 0 Å². The first kappa shape index (κ1) is 27.2. The zero-order valence-corrected chi connectivity index (χ0v) is 22.0. The van der Waals surface area contributed by atoms with Crippen LogP contribution in [-0.2, 0) is 16.1 Å². The number of benzene rings is 3. The van der Waals surface area contributed by atoms with Crippen molar-refractivity contribution in [3.63, 3.8) is 0 Å². The largest absolute Gasteiger partial charge is 0.506 e. The second kappa shape index (κ2) is 13.1. The predicted molar refractivity (Wildman–Crippen MR) is 146 cm³/mol. The van der Waals surface area contributed by atoms with E-state index in [0.29, 0.717) is 49.3 Å². The molecule has 1 aliphatic rings. The highest BCUT2D eigenvalue weighted by molar-refractivity contribution is 6.31. The van der Waals surface area contributed by atoms with Crippen LogP contribution in [0.15, 0.2) is 60.7 Å². The van der Waals surface area contributed by atoms with Gasteiger partial charge in [0.1, 0.15) is 17.2 Å². The number of ether oxygens (including phenoxy) is 3. The lowest BCUT2D eigenvalue weighted by atomic mass is 9.85. The molecule has 198 valence electrons. The molecule has 0 bridgehead atoms. The van der Waals surface area contributed by atoms with E-state index in [9.17, 15) is 10.2 Å². The summed E-state index contributed by atoms with van der Waals surface area (Å²) >= 11 is 6.11. The van der Waals surface area contributed by atoms with Crippen molar-refractivity contribution < 1.29 is 24.4 Å². The summed E-state index contributed by atoms with van der Waals surface area (Å²) in [5, 5.41) is 28.2.